The van der Waals surface area contributed by atoms with Crippen LogP contribution in [0.25, 0.3) is 0 Å². The second kappa shape index (κ2) is 8.15. The number of esters is 1. The van der Waals surface area contributed by atoms with Gasteiger partial charge in [-0.25, -0.2) is 4.79 Å². The Labute approximate surface area is 142 Å². The lowest BCUT2D eigenvalue weighted by molar-refractivity contribution is -0.116. The molecule has 24 heavy (non-hydrogen) atoms. The molecule has 0 fully saturated rings. The standard InChI is InChI=1S/C19H22N2O3/c1-4-21(15-9-7-8-14(2)12-15)18(22)13-20-17-11-6-5-10-16(17)19(23)24-3/h5-12,20H,4,13H2,1-3H3. The van der Waals surface area contributed by atoms with Crippen molar-refractivity contribution in [3.8, 4) is 0 Å². The molecule has 0 radical (unpaired) electrons. The van der Waals surface area contributed by atoms with Crippen molar-refractivity contribution in [3.05, 3.63) is 59.7 Å². The number of hydrogen-bond acceptors (Lipinski definition) is 4. The Morgan fingerprint density at radius 1 is 1.12 bits per heavy atom. The van der Waals surface area contributed by atoms with Gasteiger partial charge in [0.2, 0.25) is 5.91 Å². The van der Waals surface area contributed by atoms with Gasteiger partial charge in [-0.2, -0.15) is 0 Å². The zero-order chi connectivity index (χ0) is 17.5. The summed E-state index contributed by atoms with van der Waals surface area (Å²) in [5.74, 6) is -0.501. The van der Waals surface area contributed by atoms with E-state index in [0.717, 1.165) is 11.3 Å². The SMILES string of the molecule is CCN(C(=O)CNc1ccccc1C(=O)OC)c1cccc(C)c1. The van der Waals surface area contributed by atoms with Crippen LogP contribution < -0.4 is 10.2 Å². The number of carbonyl (C=O) groups excluding carboxylic acids is 2. The third kappa shape index (κ3) is 4.13. The summed E-state index contributed by atoms with van der Waals surface area (Å²) in [6.45, 7) is 4.59. The van der Waals surface area contributed by atoms with Gasteiger partial charge in [-0.1, -0.05) is 24.3 Å². The van der Waals surface area contributed by atoms with Crippen LogP contribution in [-0.4, -0.2) is 32.1 Å². The molecule has 0 heterocycles. The minimum atomic E-state index is -0.434. The summed E-state index contributed by atoms with van der Waals surface area (Å²) < 4.78 is 4.76. The normalized spacial score (nSPS) is 10.1. The molecule has 0 aliphatic rings. The Balaban J connectivity index is 2.11. The lowest BCUT2D eigenvalue weighted by Crippen LogP contribution is -2.35. The minimum absolute atomic E-state index is 0.0669. The molecule has 2 aromatic carbocycles. The van der Waals surface area contributed by atoms with Crippen molar-refractivity contribution >= 4 is 23.3 Å². The van der Waals surface area contributed by atoms with Crippen LogP contribution in [0.3, 0.4) is 0 Å². The first-order valence-corrected chi connectivity index (χ1v) is 7.85. The second-order valence-electron chi connectivity index (χ2n) is 5.37. The van der Waals surface area contributed by atoms with E-state index in [0.29, 0.717) is 17.8 Å². The third-order valence-electron chi connectivity index (χ3n) is 3.69. The van der Waals surface area contributed by atoms with Crippen molar-refractivity contribution in [1.29, 1.82) is 0 Å². The molecule has 0 unspecified atom stereocenters. The van der Waals surface area contributed by atoms with Crippen LogP contribution in [0.2, 0.25) is 0 Å². The third-order valence-corrected chi connectivity index (χ3v) is 3.69. The van der Waals surface area contributed by atoms with Crippen molar-refractivity contribution in [2.45, 2.75) is 13.8 Å². The Morgan fingerprint density at radius 2 is 1.88 bits per heavy atom. The molecule has 2 aromatic rings. The number of para-hydroxylation sites is 1. The molecular weight excluding hydrogens is 304 g/mol. The number of hydrogen-bond donors (Lipinski definition) is 1. The van der Waals surface area contributed by atoms with Crippen molar-refractivity contribution in [2.75, 3.05) is 30.4 Å². The molecule has 5 nitrogen and oxygen atoms in total. The lowest BCUT2D eigenvalue weighted by Gasteiger charge is -2.22. The molecule has 2 rings (SSSR count). The first kappa shape index (κ1) is 17.5. The van der Waals surface area contributed by atoms with E-state index in [4.69, 9.17) is 4.74 Å². The maximum absolute atomic E-state index is 12.6. The molecule has 0 saturated carbocycles. The number of likely N-dealkylation sites (N-methyl/N-ethyl adjacent to an activating group) is 1. The number of nitrogens with zero attached hydrogens (tertiary/aromatic N) is 1. The molecule has 0 saturated heterocycles. The molecular formula is C19H22N2O3. The summed E-state index contributed by atoms with van der Waals surface area (Å²) in [4.78, 5) is 26.0. The first-order chi connectivity index (χ1) is 11.6. The number of nitrogens with one attached hydrogen (secondary N) is 1. The molecule has 5 heteroatoms. The number of carbonyl (C=O) groups is 2. The molecule has 126 valence electrons. The molecule has 0 aliphatic carbocycles. The molecule has 0 aromatic heterocycles. The van der Waals surface area contributed by atoms with E-state index in [1.807, 2.05) is 38.1 Å². The van der Waals surface area contributed by atoms with E-state index < -0.39 is 5.97 Å². The predicted molar refractivity (Wildman–Crippen MR) is 95.5 cm³/mol. The highest BCUT2D eigenvalue weighted by Crippen LogP contribution is 2.18. The molecule has 0 bridgehead atoms. The number of anilines is 2. The molecule has 1 amide bonds. The highest BCUT2D eigenvalue weighted by molar-refractivity contribution is 5.99. The molecule has 0 atom stereocenters. The molecule has 0 aliphatic heterocycles. The smallest absolute Gasteiger partial charge is 0.339 e. The Kier molecular flexibility index (Phi) is 5.95. The maximum Gasteiger partial charge on any atom is 0.339 e. The van der Waals surface area contributed by atoms with Crippen LogP contribution in [-0.2, 0) is 9.53 Å². The quantitative estimate of drug-likeness (QED) is 0.828. The van der Waals surface area contributed by atoms with Crippen LogP contribution in [0.1, 0.15) is 22.8 Å². The van der Waals surface area contributed by atoms with Gasteiger partial charge in [0.05, 0.1) is 19.2 Å². The van der Waals surface area contributed by atoms with Gasteiger partial charge in [-0.3, -0.25) is 4.79 Å². The summed E-state index contributed by atoms with van der Waals surface area (Å²) in [5.41, 5.74) is 2.96. The summed E-state index contributed by atoms with van der Waals surface area (Å²) in [6, 6.07) is 14.8. The van der Waals surface area contributed by atoms with Gasteiger partial charge < -0.3 is 15.0 Å². The number of aryl methyl sites for hydroxylation is 1. The van der Waals surface area contributed by atoms with Crippen LogP contribution in [0, 0.1) is 6.92 Å². The first-order valence-electron chi connectivity index (χ1n) is 7.85. The van der Waals surface area contributed by atoms with Gasteiger partial charge in [0.15, 0.2) is 0 Å². The van der Waals surface area contributed by atoms with Gasteiger partial charge in [0.1, 0.15) is 0 Å². The zero-order valence-corrected chi connectivity index (χ0v) is 14.2. The Bertz CT molecular complexity index is 728. The van der Waals surface area contributed by atoms with E-state index in [1.54, 1.807) is 29.2 Å². The van der Waals surface area contributed by atoms with Gasteiger partial charge in [0.25, 0.3) is 0 Å². The number of rotatable bonds is 6. The fraction of sp³-hybridized carbons (Fsp3) is 0.263. The largest absolute Gasteiger partial charge is 0.465 e. The number of amides is 1. The number of benzene rings is 2. The van der Waals surface area contributed by atoms with Crippen LogP contribution in [0.4, 0.5) is 11.4 Å². The van der Waals surface area contributed by atoms with Crippen molar-refractivity contribution in [1.82, 2.24) is 0 Å². The van der Waals surface area contributed by atoms with Crippen LogP contribution in [0.5, 0.6) is 0 Å². The second-order valence-corrected chi connectivity index (χ2v) is 5.37. The Hall–Kier alpha value is -2.82. The van der Waals surface area contributed by atoms with Gasteiger partial charge in [-0.05, 0) is 43.7 Å². The van der Waals surface area contributed by atoms with E-state index >= 15 is 0 Å². The average Bonchev–Trinajstić information content (AvgIpc) is 2.60. The van der Waals surface area contributed by atoms with Gasteiger partial charge in [-0.15, -0.1) is 0 Å². The molecule has 1 N–H and O–H groups in total. The predicted octanol–water partition coefficient (Wildman–Crippen LogP) is 3.25. The fourth-order valence-electron chi connectivity index (χ4n) is 2.49. The van der Waals surface area contributed by atoms with Crippen LogP contribution in [0.15, 0.2) is 48.5 Å². The number of ether oxygens (including phenoxy) is 1. The van der Waals surface area contributed by atoms with Crippen LogP contribution >= 0.6 is 0 Å². The maximum atomic E-state index is 12.6. The summed E-state index contributed by atoms with van der Waals surface area (Å²) >= 11 is 0. The van der Waals surface area contributed by atoms with Crippen molar-refractivity contribution in [3.63, 3.8) is 0 Å². The van der Waals surface area contributed by atoms with Crippen molar-refractivity contribution < 1.29 is 14.3 Å². The monoisotopic (exact) mass is 326 g/mol. The van der Waals surface area contributed by atoms with E-state index in [2.05, 4.69) is 5.32 Å². The average molecular weight is 326 g/mol. The minimum Gasteiger partial charge on any atom is -0.465 e. The summed E-state index contributed by atoms with van der Waals surface area (Å²) in [7, 11) is 1.33. The topological polar surface area (TPSA) is 58.6 Å². The number of methoxy groups -OCH3 is 1. The van der Waals surface area contributed by atoms with E-state index in [-0.39, 0.29) is 12.5 Å². The van der Waals surface area contributed by atoms with Gasteiger partial charge >= 0.3 is 5.97 Å². The lowest BCUT2D eigenvalue weighted by atomic mass is 10.1. The highest BCUT2D eigenvalue weighted by Gasteiger charge is 2.16. The summed E-state index contributed by atoms with van der Waals surface area (Å²) in [6.07, 6.45) is 0. The fourth-order valence-corrected chi connectivity index (χ4v) is 2.49. The van der Waals surface area contributed by atoms with E-state index in [1.165, 1.54) is 7.11 Å². The summed E-state index contributed by atoms with van der Waals surface area (Å²) in [5, 5.41) is 3.04. The van der Waals surface area contributed by atoms with Crippen molar-refractivity contribution in [2.24, 2.45) is 0 Å². The van der Waals surface area contributed by atoms with E-state index in [9.17, 15) is 9.59 Å². The molecule has 0 spiro atoms. The highest BCUT2D eigenvalue weighted by atomic mass is 16.5. The van der Waals surface area contributed by atoms with Gasteiger partial charge in [0, 0.05) is 17.9 Å². The zero-order valence-electron chi connectivity index (χ0n) is 14.2. The Morgan fingerprint density at radius 3 is 2.54 bits per heavy atom.